The summed E-state index contributed by atoms with van der Waals surface area (Å²) >= 11 is 1.56. The number of hydrogen-bond acceptors (Lipinski definition) is 6. The molecule has 1 aliphatic heterocycles. The summed E-state index contributed by atoms with van der Waals surface area (Å²) in [4.78, 5) is 7.16. The minimum atomic E-state index is -0.384. The minimum Gasteiger partial charge on any atom is -0.391 e. The molecule has 1 N–H and O–H groups in total. The fourth-order valence-corrected chi connectivity index (χ4v) is 4.80. The van der Waals surface area contributed by atoms with Gasteiger partial charge in [0.25, 0.3) is 0 Å². The Balaban J connectivity index is 1.44. The molecule has 1 aromatic carbocycles. The summed E-state index contributed by atoms with van der Waals surface area (Å²) in [5.74, 6) is 2.17. The largest absolute Gasteiger partial charge is 0.391 e. The fourth-order valence-electron chi connectivity index (χ4n) is 4.06. The van der Waals surface area contributed by atoms with Gasteiger partial charge in [0.2, 0.25) is 5.16 Å². The van der Waals surface area contributed by atoms with Crippen LogP contribution in [0, 0.1) is 0 Å². The van der Waals surface area contributed by atoms with Gasteiger partial charge in [-0.25, -0.2) is 9.67 Å². The van der Waals surface area contributed by atoms with Gasteiger partial charge in [0, 0.05) is 31.3 Å². The van der Waals surface area contributed by atoms with E-state index < -0.39 is 0 Å². The van der Waals surface area contributed by atoms with Crippen LogP contribution in [0.3, 0.4) is 0 Å². The number of β-amino-alcohol motifs (C(OH)–C–C–N with tert-alkyl or cyclic N) is 1. The lowest BCUT2D eigenvalue weighted by Gasteiger charge is -2.28. The molecule has 0 amide bonds. The van der Waals surface area contributed by atoms with E-state index in [4.69, 9.17) is 14.8 Å². The normalized spacial score (nSPS) is 20.3. The van der Waals surface area contributed by atoms with Crippen LogP contribution in [-0.4, -0.2) is 69.5 Å². The Morgan fingerprint density at radius 2 is 1.86 bits per heavy atom. The Morgan fingerprint density at radius 1 is 1.11 bits per heavy atom. The number of para-hydroxylation sites is 1. The van der Waals surface area contributed by atoms with E-state index in [-0.39, 0.29) is 6.10 Å². The molecule has 2 aromatic rings. The van der Waals surface area contributed by atoms with Gasteiger partial charge < -0.3 is 9.84 Å². The summed E-state index contributed by atoms with van der Waals surface area (Å²) in [6.45, 7) is 4.00. The van der Waals surface area contributed by atoms with Crippen molar-refractivity contribution in [3.63, 3.8) is 0 Å². The molecule has 28 heavy (non-hydrogen) atoms. The SMILES string of the molecule is O[C@H](CSc1nc(C2CCCCC2)n(-c2ccccc2)n1)CN1CCOCC1. The van der Waals surface area contributed by atoms with Crippen LogP contribution in [0.15, 0.2) is 35.5 Å². The smallest absolute Gasteiger partial charge is 0.209 e. The van der Waals surface area contributed by atoms with Crippen LogP contribution in [0.5, 0.6) is 0 Å². The standard InChI is InChI=1S/C21H30N4O2S/c26-19(15-24-11-13-27-14-12-24)16-28-21-22-20(17-7-3-1-4-8-17)25(23-21)18-9-5-2-6-10-18/h2,5-6,9-10,17,19,26H,1,3-4,7-8,11-16H2/t19-/m0/s1. The van der Waals surface area contributed by atoms with Gasteiger partial charge in [-0.2, -0.15) is 0 Å². The lowest BCUT2D eigenvalue weighted by Crippen LogP contribution is -2.41. The van der Waals surface area contributed by atoms with Crippen molar-refractivity contribution in [2.45, 2.75) is 49.3 Å². The van der Waals surface area contributed by atoms with E-state index in [1.54, 1.807) is 11.8 Å². The van der Waals surface area contributed by atoms with Crippen LogP contribution in [0.25, 0.3) is 5.69 Å². The monoisotopic (exact) mass is 402 g/mol. The van der Waals surface area contributed by atoms with Crippen LogP contribution >= 0.6 is 11.8 Å². The first-order valence-electron chi connectivity index (χ1n) is 10.4. The maximum Gasteiger partial charge on any atom is 0.209 e. The number of aliphatic hydroxyl groups is 1. The van der Waals surface area contributed by atoms with Crippen LogP contribution in [0.2, 0.25) is 0 Å². The predicted octanol–water partition coefficient (Wildman–Crippen LogP) is 3.10. The number of rotatable bonds is 7. The van der Waals surface area contributed by atoms with E-state index in [9.17, 15) is 5.11 Å². The van der Waals surface area contributed by atoms with Crippen LogP contribution < -0.4 is 0 Å². The molecule has 4 rings (SSSR count). The fraction of sp³-hybridized carbons (Fsp3) is 0.619. The maximum atomic E-state index is 10.4. The number of morpholine rings is 1. The van der Waals surface area contributed by atoms with Gasteiger partial charge >= 0.3 is 0 Å². The molecule has 7 heteroatoms. The second kappa shape index (κ2) is 9.87. The molecule has 2 fully saturated rings. The molecule has 1 saturated heterocycles. The van der Waals surface area contributed by atoms with Gasteiger partial charge in [-0.3, -0.25) is 4.90 Å². The number of benzene rings is 1. The molecule has 2 heterocycles. The molecule has 1 aromatic heterocycles. The topological polar surface area (TPSA) is 63.4 Å². The average Bonchev–Trinajstić information content (AvgIpc) is 3.19. The van der Waals surface area contributed by atoms with Crippen molar-refractivity contribution < 1.29 is 9.84 Å². The summed E-state index contributed by atoms with van der Waals surface area (Å²) in [7, 11) is 0. The summed E-state index contributed by atoms with van der Waals surface area (Å²) in [5, 5.41) is 16.0. The second-order valence-corrected chi connectivity index (χ2v) is 8.70. The molecule has 0 bridgehead atoms. The summed E-state index contributed by atoms with van der Waals surface area (Å²) in [6.07, 6.45) is 5.86. The van der Waals surface area contributed by atoms with Crippen molar-refractivity contribution >= 4 is 11.8 Å². The lowest BCUT2D eigenvalue weighted by molar-refractivity contribution is 0.0188. The highest BCUT2D eigenvalue weighted by Gasteiger charge is 2.24. The third kappa shape index (κ3) is 5.14. The molecule has 2 aliphatic rings. The molecular formula is C21H30N4O2S. The third-order valence-corrected chi connectivity index (χ3v) is 6.54. The van der Waals surface area contributed by atoms with E-state index in [0.29, 0.717) is 18.2 Å². The van der Waals surface area contributed by atoms with Gasteiger partial charge in [0.1, 0.15) is 5.82 Å². The number of thioether (sulfide) groups is 1. The first-order chi connectivity index (χ1) is 13.8. The number of hydrogen-bond donors (Lipinski definition) is 1. The Bertz CT molecular complexity index is 727. The Labute approximate surface area is 171 Å². The number of ether oxygens (including phenoxy) is 1. The highest BCUT2D eigenvalue weighted by Crippen LogP contribution is 2.33. The maximum absolute atomic E-state index is 10.4. The molecule has 152 valence electrons. The van der Waals surface area contributed by atoms with E-state index in [2.05, 4.69) is 17.0 Å². The number of aromatic nitrogens is 3. The molecule has 6 nitrogen and oxygen atoms in total. The van der Waals surface area contributed by atoms with E-state index >= 15 is 0 Å². The zero-order valence-corrected chi connectivity index (χ0v) is 17.2. The number of aliphatic hydroxyl groups excluding tert-OH is 1. The van der Waals surface area contributed by atoms with Crippen LogP contribution in [0.1, 0.15) is 43.8 Å². The van der Waals surface area contributed by atoms with Crippen molar-refractivity contribution in [2.24, 2.45) is 0 Å². The zero-order chi connectivity index (χ0) is 19.2. The second-order valence-electron chi connectivity index (χ2n) is 7.71. The number of nitrogens with zero attached hydrogens (tertiary/aromatic N) is 4. The van der Waals surface area contributed by atoms with Gasteiger partial charge in [-0.05, 0) is 25.0 Å². The van der Waals surface area contributed by atoms with Gasteiger partial charge in [0.15, 0.2) is 0 Å². The van der Waals surface area contributed by atoms with Gasteiger partial charge in [-0.1, -0.05) is 49.2 Å². The summed E-state index contributed by atoms with van der Waals surface area (Å²) in [5.41, 5.74) is 1.07. The molecule has 0 spiro atoms. The Hall–Kier alpha value is -1.41. The van der Waals surface area contributed by atoms with Crippen LogP contribution in [-0.2, 0) is 4.74 Å². The molecule has 1 atom stereocenters. The molecule has 1 saturated carbocycles. The molecule has 0 unspecified atom stereocenters. The first kappa shape index (κ1) is 19.9. The zero-order valence-electron chi connectivity index (χ0n) is 16.4. The molecule has 1 aliphatic carbocycles. The highest BCUT2D eigenvalue weighted by atomic mass is 32.2. The third-order valence-electron chi connectivity index (χ3n) is 5.56. The van der Waals surface area contributed by atoms with Crippen LogP contribution in [0.4, 0.5) is 0 Å². The predicted molar refractivity (Wildman–Crippen MR) is 111 cm³/mol. The lowest BCUT2D eigenvalue weighted by atomic mass is 9.88. The Morgan fingerprint density at radius 3 is 2.61 bits per heavy atom. The Kier molecular flexibility index (Phi) is 7.01. The molecule has 0 radical (unpaired) electrons. The minimum absolute atomic E-state index is 0.384. The average molecular weight is 403 g/mol. The van der Waals surface area contributed by atoms with Crippen molar-refractivity contribution in [1.29, 1.82) is 0 Å². The van der Waals surface area contributed by atoms with Gasteiger partial charge in [0.05, 0.1) is 25.0 Å². The van der Waals surface area contributed by atoms with Crippen molar-refractivity contribution in [3.8, 4) is 5.69 Å². The summed E-state index contributed by atoms with van der Waals surface area (Å²) in [6, 6.07) is 10.3. The van der Waals surface area contributed by atoms with Crippen molar-refractivity contribution in [3.05, 3.63) is 36.2 Å². The first-order valence-corrected chi connectivity index (χ1v) is 11.4. The van der Waals surface area contributed by atoms with E-state index in [1.165, 1.54) is 32.1 Å². The quantitative estimate of drug-likeness (QED) is 0.718. The summed E-state index contributed by atoms with van der Waals surface area (Å²) < 4.78 is 7.40. The highest BCUT2D eigenvalue weighted by molar-refractivity contribution is 7.99. The van der Waals surface area contributed by atoms with E-state index in [0.717, 1.165) is 43.0 Å². The van der Waals surface area contributed by atoms with Crippen molar-refractivity contribution in [1.82, 2.24) is 19.7 Å². The van der Waals surface area contributed by atoms with Gasteiger partial charge in [-0.15, -0.1) is 5.10 Å². The molecular weight excluding hydrogens is 372 g/mol. The van der Waals surface area contributed by atoms with Crippen molar-refractivity contribution in [2.75, 3.05) is 38.6 Å². The van der Waals surface area contributed by atoms with E-state index in [1.807, 2.05) is 22.9 Å².